The zero-order chi connectivity index (χ0) is 15.9. The molecule has 22 heavy (non-hydrogen) atoms. The zero-order valence-electron chi connectivity index (χ0n) is 13.3. The summed E-state index contributed by atoms with van der Waals surface area (Å²) in [6.45, 7) is 1.63. The third-order valence-electron chi connectivity index (χ3n) is 3.61. The van der Waals surface area contributed by atoms with Crippen molar-refractivity contribution in [3.63, 3.8) is 0 Å². The van der Waals surface area contributed by atoms with Crippen LogP contribution in [0.1, 0.15) is 19.3 Å². The molecule has 0 spiro atoms. The molecule has 1 aliphatic rings. The quantitative estimate of drug-likeness (QED) is 0.539. The SMILES string of the molecule is COCC1(CNS(=O)(=O)N(C)CCC(=O)OC)CCCN1.Cl. The minimum absolute atomic E-state index is 0. The average Bonchev–Trinajstić information content (AvgIpc) is 2.91. The van der Waals surface area contributed by atoms with E-state index in [9.17, 15) is 13.2 Å². The molecule has 2 N–H and O–H groups in total. The predicted molar refractivity (Wildman–Crippen MR) is 85.3 cm³/mol. The highest BCUT2D eigenvalue weighted by Crippen LogP contribution is 2.19. The highest BCUT2D eigenvalue weighted by atomic mass is 35.5. The van der Waals surface area contributed by atoms with Crippen LogP contribution in [0.2, 0.25) is 0 Å². The maximum atomic E-state index is 12.1. The fraction of sp³-hybridized carbons (Fsp3) is 0.917. The standard InChI is InChI=1S/C12H25N3O5S.ClH/c1-15(8-5-11(16)20-3)21(17,18)14-9-12(10-19-2)6-4-7-13-12;/h13-14H,4-10H2,1-3H3;1H. The Balaban J connectivity index is 0.00000441. The van der Waals surface area contributed by atoms with Gasteiger partial charge in [-0.2, -0.15) is 12.7 Å². The lowest BCUT2D eigenvalue weighted by atomic mass is 9.99. The first-order chi connectivity index (χ1) is 9.85. The van der Waals surface area contributed by atoms with E-state index in [2.05, 4.69) is 14.8 Å². The van der Waals surface area contributed by atoms with Crippen molar-refractivity contribution in [3.05, 3.63) is 0 Å². The van der Waals surface area contributed by atoms with Crippen LogP contribution in [0.4, 0.5) is 0 Å². The van der Waals surface area contributed by atoms with E-state index in [1.807, 2.05) is 0 Å². The number of hydrogen-bond acceptors (Lipinski definition) is 6. The van der Waals surface area contributed by atoms with Gasteiger partial charge in [-0.05, 0) is 19.4 Å². The molecular formula is C12H26ClN3O5S. The van der Waals surface area contributed by atoms with Crippen molar-refractivity contribution in [1.29, 1.82) is 0 Å². The number of hydrogen-bond donors (Lipinski definition) is 2. The van der Waals surface area contributed by atoms with Crippen LogP contribution in [0.5, 0.6) is 0 Å². The Bertz CT molecular complexity index is 440. The van der Waals surface area contributed by atoms with Crippen molar-refractivity contribution in [2.24, 2.45) is 0 Å². The molecule has 0 aliphatic carbocycles. The third kappa shape index (κ3) is 6.35. The Hall–Kier alpha value is -0.450. The first kappa shape index (κ1) is 21.6. The molecule has 0 aromatic heterocycles. The number of halogens is 1. The maximum Gasteiger partial charge on any atom is 0.306 e. The predicted octanol–water partition coefficient (Wildman–Crippen LogP) is -0.494. The minimum atomic E-state index is -3.63. The zero-order valence-corrected chi connectivity index (χ0v) is 14.9. The highest BCUT2D eigenvalue weighted by molar-refractivity contribution is 7.87. The van der Waals surface area contributed by atoms with Crippen LogP contribution in [-0.2, 0) is 24.5 Å². The molecule has 1 saturated heterocycles. The Kier molecular flexibility index (Phi) is 9.44. The minimum Gasteiger partial charge on any atom is -0.469 e. The molecule has 0 saturated carbocycles. The van der Waals surface area contributed by atoms with Crippen molar-refractivity contribution in [2.45, 2.75) is 24.8 Å². The van der Waals surface area contributed by atoms with E-state index in [1.165, 1.54) is 14.2 Å². The Labute approximate surface area is 138 Å². The van der Waals surface area contributed by atoms with Crippen molar-refractivity contribution >= 4 is 28.6 Å². The molecule has 0 aromatic rings. The molecule has 1 rings (SSSR count). The normalized spacial score (nSPS) is 21.6. The Morgan fingerprint density at radius 3 is 2.59 bits per heavy atom. The summed E-state index contributed by atoms with van der Waals surface area (Å²) in [5.74, 6) is -0.439. The second-order valence-corrected chi connectivity index (χ2v) is 7.08. The summed E-state index contributed by atoms with van der Waals surface area (Å²) in [7, 11) is 0.668. The largest absolute Gasteiger partial charge is 0.469 e. The summed E-state index contributed by atoms with van der Waals surface area (Å²) in [5, 5.41) is 3.30. The van der Waals surface area contributed by atoms with Crippen molar-refractivity contribution in [3.8, 4) is 0 Å². The molecule has 10 heteroatoms. The van der Waals surface area contributed by atoms with Gasteiger partial charge in [0, 0.05) is 27.2 Å². The number of esters is 1. The fourth-order valence-corrected chi connectivity index (χ4v) is 3.29. The van der Waals surface area contributed by atoms with Gasteiger partial charge in [-0.25, -0.2) is 4.72 Å². The fourth-order valence-electron chi connectivity index (χ4n) is 2.28. The number of rotatable bonds is 9. The molecule has 1 atom stereocenters. The highest BCUT2D eigenvalue weighted by Gasteiger charge is 2.35. The van der Waals surface area contributed by atoms with Gasteiger partial charge in [0.25, 0.3) is 10.2 Å². The van der Waals surface area contributed by atoms with Crippen LogP contribution in [0.15, 0.2) is 0 Å². The van der Waals surface area contributed by atoms with Gasteiger partial charge >= 0.3 is 5.97 Å². The molecule has 1 fully saturated rings. The molecule has 1 unspecified atom stereocenters. The average molecular weight is 360 g/mol. The summed E-state index contributed by atoms with van der Waals surface area (Å²) in [6.07, 6.45) is 1.87. The summed E-state index contributed by atoms with van der Waals surface area (Å²) >= 11 is 0. The van der Waals surface area contributed by atoms with Gasteiger partial charge in [-0.15, -0.1) is 12.4 Å². The molecule has 1 heterocycles. The lowest BCUT2D eigenvalue weighted by Gasteiger charge is -2.29. The second kappa shape index (κ2) is 9.64. The second-order valence-electron chi connectivity index (χ2n) is 5.22. The van der Waals surface area contributed by atoms with E-state index in [0.29, 0.717) is 6.61 Å². The van der Waals surface area contributed by atoms with Gasteiger partial charge in [-0.3, -0.25) is 4.79 Å². The van der Waals surface area contributed by atoms with E-state index in [4.69, 9.17) is 4.74 Å². The molecular weight excluding hydrogens is 334 g/mol. The van der Waals surface area contributed by atoms with E-state index < -0.39 is 16.2 Å². The van der Waals surface area contributed by atoms with Gasteiger partial charge in [0.2, 0.25) is 0 Å². The smallest absolute Gasteiger partial charge is 0.306 e. The summed E-state index contributed by atoms with van der Waals surface area (Å²) in [4.78, 5) is 11.1. The van der Waals surface area contributed by atoms with Crippen LogP contribution in [0.3, 0.4) is 0 Å². The van der Waals surface area contributed by atoms with Gasteiger partial charge in [0.15, 0.2) is 0 Å². The van der Waals surface area contributed by atoms with Gasteiger partial charge < -0.3 is 14.8 Å². The van der Waals surface area contributed by atoms with E-state index in [0.717, 1.165) is 23.7 Å². The van der Waals surface area contributed by atoms with Crippen molar-refractivity contribution in [2.75, 3.05) is 47.5 Å². The number of nitrogens with zero attached hydrogens (tertiary/aromatic N) is 1. The van der Waals surface area contributed by atoms with E-state index >= 15 is 0 Å². The van der Waals surface area contributed by atoms with Crippen LogP contribution in [-0.4, -0.2) is 71.7 Å². The Morgan fingerprint density at radius 1 is 1.41 bits per heavy atom. The molecule has 1 aliphatic heterocycles. The van der Waals surface area contributed by atoms with Crippen LogP contribution >= 0.6 is 12.4 Å². The number of nitrogens with one attached hydrogen (secondary N) is 2. The lowest BCUT2D eigenvalue weighted by Crippen LogP contribution is -2.54. The maximum absolute atomic E-state index is 12.1. The lowest BCUT2D eigenvalue weighted by molar-refractivity contribution is -0.140. The van der Waals surface area contributed by atoms with Crippen molar-refractivity contribution in [1.82, 2.24) is 14.3 Å². The Morgan fingerprint density at radius 2 is 2.09 bits per heavy atom. The van der Waals surface area contributed by atoms with Crippen LogP contribution in [0.25, 0.3) is 0 Å². The topological polar surface area (TPSA) is 97.0 Å². The first-order valence-corrected chi connectivity index (χ1v) is 8.31. The molecule has 8 nitrogen and oxygen atoms in total. The summed E-state index contributed by atoms with van der Waals surface area (Å²) in [5.41, 5.74) is -0.356. The van der Waals surface area contributed by atoms with Gasteiger partial charge in [0.1, 0.15) is 0 Å². The molecule has 0 bridgehead atoms. The number of carbonyl (C=O) groups is 1. The number of methoxy groups -OCH3 is 2. The number of carbonyl (C=O) groups excluding carboxylic acids is 1. The monoisotopic (exact) mass is 359 g/mol. The molecule has 0 aromatic carbocycles. The molecule has 0 amide bonds. The van der Waals surface area contributed by atoms with Gasteiger partial charge in [-0.1, -0.05) is 0 Å². The van der Waals surface area contributed by atoms with Crippen LogP contribution in [0, 0.1) is 0 Å². The van der Waals surface area contributed by atoms with Crippen molar-refractivity contribution < 1.29 is 22.7 Å². The first-order valence-electron chi connectivity index (χ1n) is 6.87. The van der Waals surface area contributed by atoms with E-state index in [-0.39, 0.29) is 37.5 Å². The molecule has 0 radical (unpaired) electrons. The summed E-state index contributed by atoms with van der Waals surface area (Å²) in [6, 6.07) is 0. The third-order valence-corrected chi connectivity index (χ3v) is 5.13. The van der Waals surface area contributed by atoms with Gasteiger partial charge in [0.05, 0.1) is 25.7 Å². The van der Waals surface area contributed by atoms with E-state index in [1.54, 1.807) is 7.11 Å². The summed E-state index contributed by atoms with van der Waals surface area (Å²) < 4.78 is 37.6. The van der Waals surface area contributed by atoms with Crippen LogP contribution < -0.4 is 10.0 Å². The number of ether oxygens (including phenoxy) is 2. The molecule has 132 valence electrons.